The number of nitrogens with one attached hydrogen (secondary N) is 1. The molecule has 1 N–H and O–H groups in total. The van der Waals surface area contributed by atoms with Crippen LogP contribution >= 0.6 is 11.3 Å². The van der Waals surface area contributed by atoms with Crippen LogP contribution in [0, 0.1) is 0 Å². The summed E-state index contributed by atoms with van der Waals surface area (Å²) in [7, 11) is 0. The van der Waals surface area contributed by atoms with Crippen LogP contribution in [-0.2, 0) is 0 Å². The summed E-state index contributed by atoms with van der Waals surface area (Å²) in [5, 5.41) is 5.36. The number of aromatic nitrogens is 2. The second kappa shape index (κ2) is 4.74. The largest absolute Gasteiger partial charge is 0.362 e. The monoisotopic (exact) mass is 255 g/mol. The lowest BCUT2D eigenvalue weighted by atomic mass is 10.1. The highest BCUT2D eigenvalue weighted by molar-refractivity contribution is 7.18. The lowest BCUT2D eigenvalue weighted by Crippen LogP contribution is -1.94. The molecule has 0 aliphatic rings. The van der Waals surface area contributed by atoms with Crippen molar-refractivity contribution in [2.45, 2.75) is 6.92 Å². The quantitative estimate of drug-likeness (QED) is 0.773. The van der Waals surface area contributed by atoms with Gasteiger partial charge in [0.15, 0.2) is 5.13 Å². The summed E-state index contributed by atoms with van der Waals surface area (Å²) in [5.41, 5.74) is 2.22. The van der Waals surface area contributed by atoms with Crippen molar-refractivity contribution in [1.29, 1.82) is 0 Å². The van der Waals surface area contributed by atoms with Crippen LogP contribution in [0.15, 0.2) is 42.7 Å². The molecule has 2 heterocycles. The summed E-state index contributed by atoms with van der Waals surface area (Å²) in [6.45, 7) is 2.97. The van der Waals surface area contributed by atoms with Gasteiger partial charge in [-0.05, 0) is 30.7 Å². The van der Waals surface area contributed by atoms with Crippen LogP contribution < -0.4 is 5.32 Å². The van der Waals surface area contributed by atoms with E-state index in [0.717, 1.165) is 22.6 Å². The van der Waals surface area contributed by atoms with Gasteiger partial charge in [0.2, 0.25) is 0 Å². The second-order valence-corrected chi connectivity index (χ2v) is 5.00. The van der Waals surface area contributed by atoms with E-state index in [1.165, 1.54) is 10.4 Å². The van der Waals surface area contributed by atoms with E-state index in [4.69, 9.17) is 0 Å². The Morgan fingerprint density at radius 2 is 2.17 bits per heavy atom. The van der Waals surface area contributed by atoms with Crippen molar-refractivity contribution in [3.8, 4) is 10.4 Å². The Hall–Kier alpha value is -1.94. The zero-order valence-corrected chi connectivity index (χ0v) is 10.9. The van der Waals surface area contributed by atoms with Crippen molar-refractivity contribution in [2.75, 3.05) is 11.9 Å². The Kier molecular flexibility index (Phi) is 2.94. The fraction of sp³-hybridized carbons (Fsp3) is 0.143. The minimum Gasteiger partial charge on any atom is -0.362 e. The molecule has 0 atom stereocenters. The molecule has 1 aromatic carbocycles. The molecule has 18 heavy (non-hydrogen) atoms. The SMILES string of the molecule is CCNc1ncc(-c2ccc3ncccc3c2)s1. The van der Waals surface area contributed by atoms with Gasteiger partial charge < -0.3 is 5.32 Å². The summed E-state index contributed by atoms with van der Waals surface area (Å²) in [5.74, 6) is 0. The molecule has 3 rings (SSSR count). The summed E-state index contributed by atoms with van der Waals surface area (Å²) < 4.78 is 0. The zero-order valence-electron chi connectivity index (χ0n) is 10.1. The third-order valence-corrected chi connectivity index (χ3v) is 3.73. The number of fused-ring (bicyclic) bond motifs is 1. The van der Waals surface area contributed by atoms with Gasteiger partial charge in [0.1, 0.15) is 0 Å². The number of hydrogen-bond acceptors (Lipinski definition) is 4. The first-order valence-electron chi connectivity index (χ1n) is 5.91. The van der Waals surface area contributed by atoms with E-state index in [2.05, 4.69) is 46.5 Å². The van der Waals surface area contributed by atoms with Crippen molar-refractivity contribution in [1.82, 2.24) is 9.97 Å². The highest BCUT2D eigenvalue weighted by atomic mass is 32.1. The number of pyridine rings is 1. The van der Waals surface area contributed by atoms with E-state index in [9.17, 15) is 0 Å². The van der Waals surface area contributed by atoms with E-state index in [1.54, 1.807) is 11.3 Å². The fourth-order valence-corrected chi connectivity index (χ4v) is 2.75. The van der Waals surface area contributed by atoms with Crippen molar-refractivity contribution in [3.63, 3.8) is 0 Å². The molecule has 3 aromatic rings. The van der Waals surface area contributed by atoms with E-state index >= 15 is 0 Å². The molecule has 0 bridgehead atoms. The van der Waals surface area contributed by atoms with Crippen LogP contribution in [0.25, 0.3) is 21.3 Å². The molecule has 0 saturated carbocycles. The Labute approximate surface area is 110 Å². The zero-order chi connectivity index (χ0) is 12.4. The van der Waals surface area contributed by atoms with Crippen molar-refractivity contribution >= 4 is 27.4 Å². The normalized spacial score (nSPS) is 10.7. The number of nitrogens with zero attached hydrogens (tertiary/aromatic N) is 2. The molecule has 0 fully saturated rings. The molecule has 0 spiro atoms. The Morgan fingerprint density at radius 3 is 3.06 bits per heavy atom. The van der Waals surface area contributed by atoms with Gasteiger partial charge in [-0.2, -0.15) is 0 Å². The Morgan fingerprint density at radius 1 is 1.22 bits per heavy atom. The first-order chi connectivity index (χ1) is 8.86. The smallest absolute Gasteiger partial charge is 0.183 e. The second-order valence-electron chi connectivity index (χ2n) is 3.97. The maximum atomic E-state index is 4.35. The topological polar surface area (TPSA) is 37.8 Å². The van der Waals surface area contributed by atoms with Crippen LogP contribution in [0.3, 0.4) is 0 Å². The fourth-order valence-electron chi connectivity index (χ4n) is 1.87. The maximum absolute atomic E-state index is 4.35. The average molecular weight is 255 g/mol. The Bertz CT molecular complexity index is 675. The van der Waals surface area contributed by atoms with Crippen LogP contribution in [0.4, 0.5) is 5.13 Å². The molecule has 4 heteroatoms. The first-order valence-corrected chi connectivity index (χ1v) is 6.73. The predicted octanol–water partition coefficient (Wildman–Crippen LogP) is 3.79. The standard InChI is InChI=1S/C14H13N3S/c1-2-15-14-17-9-13(18-14)11-5-6-12-10(8-11)4-3-7-16-12/h3-9H,2H2,1H3,(H,15,17). The third kappa shape index (κ3) is 2.07. The Balaban J connectivity index is 2.02. The third-order valence-electron chi connectivity index (χ3n) is 2.72. The van der Waals surface area contributed by atoms with Gasteiger partial charge in [0.05, 0.1) is 10.4 Å². The molecular weight excluding hydrogens is 242 g/mol. The van der Waals surface area contributed by atoms with Crippen LogP contribution in [-0.4, -0.2) is 16.5 Å². The van der Waals surface area contributed by atoms with Gasteiger partial charge in [0.25, 0.3) is 0 Å². The minimum atomic E-state index is 0.897. The van der Waals surface area contributed by atoms with Crippen LogP contribution in [0.2, 0.25) is 0 Å². The maximum Gasteiger partial charge on any atom is 0.183 e. The minimum absolute atomic E-state index is 0.897. The van der Waals surface area contributed by atoms with Crippen molar-refractivity contribution < 1.29 is 0 Å². The van der Waals surface area contributed by atoms with Gasteiger partial charge in [-0.3, -0.25) is 4.98 Å². The highest BCUT2D eigenvalue weighted by Crippen LogP contribution is 2.30. The summed E-state index contributed by atoms with van der Waals surface area (Å²) >= 11 is 1.68. The number of benzene rings is 1. The van der Waals surface area contributed by atoms with Crippen LogP contribution in [0.5, 0.6) is 0 Å². The van der Waals surface area contributed by atoms with Gasteiger partial charge in [-0.15, -0.1) is 0 Å². The van der Waals surface area contributed by atoms with Gasteiger partial charge in [0, 0.05) is 24.3 Å². The molecule has 3 nitrogen and oxygen atoms in total. The van der Waals surface area contributed by atoms with Crippen molar-refractivity contribution in [3.05, 3.63) is 42.7 Å². The summed E-state index contributed by atoms with van der Waals surface area (Å²) in [6, 6.07) is 10.3. The number of thiazole rings is 1. The van der Waals surface area contributed by atoms with E-state index < -0.39 is 0 Å². The number of hydrogen-bond donors (Lipinski definition) is 1. The predicted molar refractivity (Wildman–Crippen MR) is 77.0 cm³/mol. The lowest BCUT2D eigenvalue weighted by molar-refractivity contribution is 1.19. The molecule has 0 aliphatic heterocycles. The van der Waals surface area contributed by atoms with Gasteiger partial charge in [-0.25, -0.2) is 4.98 Å². The lowest BCUT2D eigenvalue weighted by Gasteiger charge is -2.00. The van der Waals surface area contributed by atoms with E-state index in [0.29, 0.717) is 0 Å². The highest BCUT2D eigenvalue weighted by Gasteiger charge is 2.04. The number of anilines is 1. The van der Waals surface area contributed by atoms with Crippen molar-refractivity contribution in [2.24, 2.45) is 0 Å². The molecule has 2 aromatic heterocycles. The molecular formula is C14H13N3S. The molecule has 0 unspecified atom stereocenters. The molecule has 0 saturated heterocycles. The van der Waals surface area contributed by atoms with E-state index in [-0.39, 0.29) is 0 Å². The molecule has 90 valence electrons. The summed E-state index contributed by atoms with van der Waals surface area (Å²) in [4.78, 5) is 9.86. The van der Waals surface area contributed by atoms with Gasteiger partial charge in [-0.1, -0.05) is 23.5 Å². The average Bonchev–Trinajstić information content (AvgIpc) is 2.87. The summed E-state index contributed by atoms with van der Waals surface area (Å²) in [6.07, 6.45) is 3.73. The first kappa shape index (κ1) is 11.2. The van der Waals surface area contributed by atoms with Crippen LogP contribution in [0.1, 0.15) is 6.92 Å². The van der Waals surface area contributed by atoms with Gasteiger partial charge >= 0.3 is 0 Å². The number of rotatable bonds is 3. The molecule has 0 amide bonds. The van der Waals surface area contributed by atoms with E-state index in [1.807, 2.05) is 18.5 Å². The molecule has 0 aliphatic carbocycles. The molecule has 0 radical (unpaired) electrons.